The normalized spacial score (nSPS) is 35.4. The Hall–Kier alpha value is -2.97. The van der Waals surface area contributed by atoms with Crippen LogP contribution in [0.4, 0.5) is 5.82 Å². The van der Waals surface area contributed by atoms with E-state index in [9.17, 15) is 58.9 Å². The second-order valence-corrected chi connectivity index (χ2v) is 17.4. The molecule has 3 saturated heterocycles. The monoisotopic (exact) mass is 925 g/mol. The van der Waals surface area contributed by atoms with Crippen molar-refractivity contribution >= 4 is 46.4 Å². The summed E-state index contributed by atoms with van der Waals surface area (Å²) in [6.45, 7) is -2.52. The number of nitrogens with zero attached hydrogens (tertiary/aromatic N) is 5. The summed E-state index contributed by atoms with van der Waals surface area (Å²) in [6, 6.07) is 0. The van der Waals surface area contributed by atoms with Gasteiger partial charge in [0.1, 0.15) is 72.9 Å². The van der Waals surface area contributed by atoms with E-state index in [1.54, 1.807) is 6.08 Å². The van der Waals surface area contributed by atoms with Crippen molar-refractivity contribution in [1.82, 2.24) is 24.4 Å². The van der Waals surface area contributed by atoms with Gasteiger partial charge in [0, 0.05) is 18.0 Å². The summed E-state index contributed by atoms with van der Waals surface area (Å²) in [7, 11) is -15.5. The number of rotatable bonds is 14. The van der Waals surface area contributed by atoms with Gasteiger partial charge in [-0.05, 0) is 6.42 Å². The average Bonchev–Trinajstić information content (AvgIpc) is 3.82. The minimum atomic E-state index is -5.37. The lowest BCUT2D eigenvalue weighted by Gasteiger charge is -2.38. The lowest BCUT2D eigenvalue weighted by atomic mass is 10.00. The maximum absolute atomic E-state index is 12.4. The number of nitrogens with two attached hydrogens (primary N) is 2. The topological polar surface area (TPSA) is 475 Å². The molecule has 30 nitrogen and oxygen atoms in total. The highest BCUT2D eigenvalue weighted by atomic mass is 31.3. The second-order valence-electron chi connectivity index (χ2n) is 13.2. The smallest absolute Gasteiger partial charge is 0.387 e. The third-order valence-electron chi connectivity index (χ3n) is 8.97. The number of aliphatic hydroxyl groups excluding tert-OH is 8. The number of allylic oxidation sites excluding steroid dienone is 1. The highest BCUT2D eigenvalue weighted by molar-refractivity contribution is 7.61. The van der Waals surface area contributed by atoms with Crippen molar-refractivity contribution in [2.45, 2.75) is 86.2 Å². The number of aliphatic hydroxyl groups is 8. The van der Waals surface area contributed by atoms with Crippen molar-refractivity contribution in [3.8, 4) is 0 Å². The number of fused-ring (bicyclic) bond motifs is 1. The van der Waals surface area contributed by atoms with E-state index in [4.69, 9.17) is 50.0 Å². The zero-order chi connectivity index (χ0) is 44.5. The number of amides is 1. The van der Waals surface area contributed by atoms with Crippen LogP contribution in [-0.4, -0.2) is 184 Å². The van der Waals surface area contributed by atoms with Gasteiger partial charge in [0.05, 0.1) is 26.1 Å². The number of imidazole rings is 1. The van der Waals surface area contributed by atoms with Crippen LogP contribution in [-0.2, 0) is 50.6 Å². The Labute approximate surface area is 335 Å². The number of anilines is 1. The maximum Gasteiger partial charge on any atom is 0.481 e. The molecule has 2 aromatic heterocycles. The molecule has 15 atom stereocenters. The first-order valence-electron chi connectivity index (χ1n) is 17.0. The van der Waals surface area contributed by atoms with Gasteiger partial charge in [-0.2, -0.15) is 4.31 Å². The molecule has 4 aliphatic heterocycles. The number of nitrogen functional groups attached to an aromatic ring is 1. The molecule has 2 aromatic rings. The maximum atomic E-state index is 12.4. The predicted octanol–water partition coefficient (Wildman–Crippen LogP) is -5.79. The van der Waals surface area contributed by atoms with Crippen molar-refractivity contribution in [3.63, 3.8) is 0 Å². The van der Waals surface area contributed by atoms with Crippen LogP contribution >= 0.6 is 23.5 Å². The number of carbonyl (C=O) groups is 1. The zero-order valence-corrected chi connectivity index (χ0v) is 33.0. The Bertz CT molecular complexity index is 2040. The third kappa shape index (κ3) is 11.5. The van der Waals surface area contributed by atoms with Gasteiger partial charge in [-0.1, -0.05) is 6.08 Å². The van der Waals surface area contributed by atoms with Crippen molar-refractivity contribution in [1.29, 1.82) is 0 Å². The van der Waals surface area contributed by atoms with E-state index in [2.05, 4.69) is 28.5 Å². The number of carbonyl (C=O) groups excluding carboxylic acids is 1. The summed E-state index contributed by atoms with van der Waals surface area (Å²) in [5, 5.41) is 78.4. The molecule has 0 saturated carbocycles. The van der Waals surface area contributed by atoms with E-state index in [-0.39, 0.29) is 29.0 Å². The third-order valence-corrected chi connectivity index (χ3v) is 12.1. The van der Waals surface area contributed by atoms with Crippen LogP contribution in [0, 0.1) is 0 Å². The first-order valence-corrected chi connectivity index (χ1v) is 21.6. The fraction of sp³-hybridized carbons (Fsp3) is 0.630. The Morgan fingerprint density at radius 3 is 1.85 bits per heavy atom. The molecule has 4 aliphatic rings. The first-order chi connectivity index (χ1) is 27.9. The molecule has 0 bridgehead atoms. The Kier molecular flexibility index (Phi) is 15.4. The Morgan fingerprint density at radius 1 is 0.733 bits per heavy atom. The van der Waals surface area contributed by atoms with E-state index in [1.165, 1.54) is 28.2 Å². The summed E-state index contributed by atoms with van der Waals surface area (Å²) in [5.74, 6) is -0.658. The van der Waals surface area contributed by atoms with E-state index >= 15 is 0 Å². The molecular weight excluding hydrogens is 883 g/mol. The average molecular weight is 926 g/mol. The Balaban J connectivity index is 0.000000359. The standard InChI is InChI=1S/C21H29N7O14P2.C6H13O9P/c22-17-12-19(25-7-24-17)28(8-26-12)21-16(32)14(30)11(41-21)6-39-44(36,37)42-43(34,35)38-5-10-13(29)15(31)20(40-10)27-3-1-2-9(4-27)18(23)33;7-3-2(1-14-16(11,12)13)15-6(10)5(9)4(3)8/h1,3-4,7-8,10-11,13-16,20-21,29-32H,2,5-6H2,(H2,23,33)(H,34,35)(H,36,37)(H2,22,24,25);2-10H,1H2,(H2,11,12,13)/t10-,11-,13-,14-,15-,16-,20-,21-;2-,3-,4+,5-,6+/m11/s1. The molecule has 0 radical (unpaired) electrons. The highest BCUT2D eigenvalue weighted by Gasteiger charge is 2.49. The van der Waals surface area contributed by atoms with Gasteiger partial charge in [-0.3, -0.25) is 22.9 Å². The molecule has 2 unspecified atom stereocenters. The fourth-order valence-corrected chi connectivity index (χ4v) is 8.35. The summed E-state index contributed by atoms with van der Waals surface area (Å²) in [6.07, 6.45) is -13.0. The summed E-state index contributed by atoms with van der Waals surface area (Å²) in [5.41, 5.74) is 11.6. The Morgan fingerprint density at radius 2 is 1.27 bits per heavy atom. The minimum Gasteiger partial charge on any atom is -0.387 e. The number of hydrogen-bond donors (Lipinski definition) is 14. The van der Waals surface area contributed by atoms with Crippen LogP contribution in [0.25, 0.3) is 11.2 Å². The molecule has 16 N–H and O–H groups in total. The van der Waals surface area contributed by atoms with Crippen molar-refractivity contribution in [2.75, 3.05) is 25.6 Å². The van der Waals surface area contributed by atoms with Crippen LogP contribution in [0.3, 0.4) is 0 Å². The largest absolute Gasteiger partial charge is 0.481 e. The van der Waals surface area contributed by atoms with Crippen molar-refractivity contribution in [2.24, 2.45) is 5.73 Å². The first kappa shape index (κ1) is 48.1. The minimum absolute atomic E-state index is 0.0517. The molecule has 0 aliphatic carbocycles. The molecule has 1 amide bonds. The van der Waals surface area contributed by atoms with Gasteiger partial charge in [0.2, 0.25) is 5.91 Å². The fourth-order valence-electron chi connectivity index (χ4n) is 5.92. The molecule has 33 heteroatoms. The van der Waals surface area contributed by atoms with Gasteiger partial charge in [0.15, 0.2) is 30.2 Å². The molecule has 0 spiro atoms. The predicted molar refractivity (Wildman–Crippen MR) is 189 cm³/mol. The van der Waals surface area contributed by atoms with Crippen LogP contribution in [0.1, 0.15) is 12.6 Å². The number of aromatic nitrogens is 4. The van der Waals surface area contributed by atoms with Gasteiger partial charge < -0.3 is 91.0 Å². The van der Waals surface area contributed by atoms with Crippen molar-refractivity contribution < 1.29 is 111 Å². The van der Waals surface area contributed by atoms with Crippen LogP contribution in [0.15, 0.2) is 36.7 Å². The number of ether oxygens (including phenoxy) is 3. The van der Waals surface area contributed by atoms with E-state index in [0.717, 1.165) is 6.33 Å². The van der Waals surface area contributed by atoms with Crippen molar-refractivity contribution in [3.05, 3.63) is 36.7 Å². The van der Waals surface area contributed by atoms with Gasteiger partial charge in [-0.15, -0.1) is 0 Å². The van der Waals surface area contributed by atoms with E-state index < -0.39 is 129 Å². The van der Waals surface area contributed by atoms with Gasteiger partial charge >= 0.3 is 23.5 Å². The molecule has 60 heavy (non-hydrogen) atoms. The van der Waals surface area contributed by atoms with Gasteiger partial charge in [-0.25, -0.2) is 28.6 Å². The number of primary amides is 1. The summed E-state index contributed by atoms with van der Waals surface area (Å²) < 4.78 is 69.8. The highest BCUT2D eigenvalue weighted by Crippen LogP contribution is 2.60. The van der Waals surface area contributed by atoms with Crippen LogP contribution < -0.4 is 11.5 Å². The SMILES string of the molecule is NC(=O)C1=CN([C@@H]2O[C@H](COP(=O)(O)OP(=O)(O)OC[C@H]3O[C@@H](n4cnc5c(N)ncnc54)[C@H](O)[C@@H]3O)[C@@H](O)[C@H]2O)C=CC1.O=P(O)(O)OC[C@H]1O[C@H](O)[C@H](O)[C@@H](O)[C@@H]1O. The lowest BCUT2D eigenvalue weighted by Crippen LogP contribution is -2.58. The van der Waals surface area contributed by atoms with Crippen LogP contribution in [0.2, 0.25) is 0 Å². The van der Waals surface area contributed by atoms with Gasteiger partial charge in [0.25, 0.3) is 0 Å². The molecule has 338 valence electrons. The second kappa shape index (κ2) is 19.2. The molecular formula is C27H42N7O23P3. The van der Waals surface area contributed by atoms with E-state index in [1.807, 2.05) is 0 Å². The lowest BCUT2D eigenvalue weighted by molar-refractivity contribution is -0.285. The zero-order valence-electron chi connectivity index (χ0n) is 30.3. The number of hydrogen-bond acceptors (Lipinski definition) is 24. The molecule has 0 aromatic carbocycles. The molecule has 6 heterocycles. The summed E-state index contributed by atoms with van der Waals surface area (Å²) in [4.78, 5) is 61.4. The molecule has 6 rings (SSSR count). The molecule has 3 fully saturated rings. The van der Waals surface area contributed by atoms with Crippen LogP contribution in [0.5, 0.6) is 0 Å². The van der Waals surface area contributed by atoms with E-state index in [0.29, 0.717) is 0 Å². The quantitative estimate of drug-likeness (QED) is 0.0785. The number of phosphoric ester groups is 3. The summed E-state index contributed by atoms with van der Waals surface area (Å²) >= 11 is 0. The number of phosphoric acid groups is 3.